The van der Waals surface area contributed by atoms with Gasteiger partial charge >= 0.3 is 0 Å². The van der Waals surface area contributed by atoms with Crippen molar-refractivity contribution < 1.29 is 9.47 Å². The van der Waals surface area contributed by atoms with E-state index in [4.69, 9.17) is 9.47 Å². The summed E-state index contributed by atoms with van der Waals surface area (Å²) in [5, 5.41) is 11.5. The Labute approximate surface area is 290 Å². The van der Waals surface area contributed by atoms with E-state index in [2.05, 4.69) is 126 Å². The zero-order valence-corrected chi connectivity index (χ0v) is 29.1. The maximum absolute atomic E-state index is 14.9. The normalized spacial score (nSPS) is 11.9. The topological polar surface area (TPSA) is 35.5 Å². The number of ether oxygens (including phenoxy) is 2. The van der Waals surface area contributed by atoms with Gasteiger partial charge in [-0.25, -0.2) is 0 Å². The van der Waals surface area contributed by atoms with Gasteiger partial charge in [-0.05, 0) is 133 Å². The Bertz CT molecular complexity index is 2710. The molecule has 0 aliphatic carbocycles. The molecule has 0 saturated heterocycles. The fourth-order valence-corrected chi connectivity index (χ4v) is 8.40. The van der Waals surface area contributed by atoms with Gasteiger partial charge in [0.1, 0.15) is 23.0 Å². The summed E-state index contributed by atoms with van der Waals surface area (Å²) < 4.78 is 13.7. The monoisotopic (exact) mass is 648 g/mol. The molecule has 0 spiro atoms. The molecule has 9 rings (SSSR count). The molecule has 9 aromatic rings. The van der Waals surface area contributed by atoms with E-state index in [0.29, 0.717) is 10.8 Å². The summed E-state index contributed by atoms with van der Waals surface area (Å²) in [7, 11) is 0. The van der Waals surface area contributed by atoms with Crippen molar-refractivity contribution in [2.24, 2.45) is 0 Å². The van der Waals surface area contributed by atoms with Crippen LogP contribution in [0.4, 0.5) is 0 Å². The van der Waals surface area contributed by atoms with Crippen LogP contribution in [0.15, 0.2) is 114 Å². The highest BCUT2D eigenvalue weighted by atomic mass is 16.5. The SMILES string of the molecule is Cc1cc(C)c(Oc2ccc3c(=O)c4ccc(Oc5c(C)cc(C)cc5C)c5cc6ccccc6c(c54)c4c5ccccc5cc2c34)c(C)c1. The molecule has 0 aliphatic rings. The maximum atomic E-state index is 14.9. The van der Waals surface area contributed by atoms with Crippen molar-refractivity contribution in [1.29, 1.82) is 0 Å². The van der Waals surface area contributed by atoms with E-state index in [1.165, 1.54) is 11.1 Å². The highest BCUT2D eigenvalue weighted by Gasteiger charge is 2.22. The molecule has 3 nitrogen and oxygen atoms in total. The van der Waals surface area contributed by atoms with E-state index >= 15 is 0 Å². The first-order chi connectivity index (χ1) is 24.2. The van der Waals surface area contributed by atoms with E-state index in [1.54, 1.807) is 0 Å². The van der Waals surface area contributed by atoms with Crippen LogP contribution in [0.2, 0.25) is 0 Å². The van der Waals surface area contributed by atoms with Crippen LogP contribution in [0.5, 0.6) is 23.0 Å². The van der Waals surface area contributed by atoms with Crippen LogP contribution in [0.3, 0.4) is 0 Å². The van der Waals surface area contributed by atoms with Crippen LogP contribution in [-0.4, -0.2) is 0 Å². The van der Waals surface area contributed by atoms with Gasteiger partial charge < -0.3 is 9.47 Å². The molecule has 3 heteroatoms. The zero-order valence-electron chi connectivity index (χ0n) is 29.1. The smallest absolute Gasteiger partial charge is 0.194 e. The van der Waals surface area contributed by atoms with Gasteiger partial charge in [-0.3, -0.25) is 4.79 Å². The molecule has 0 heterocycles. The Morgan fingerprint density at radius 1 is 0.380 bits per heavy atom. The molecular weight excluding hydrogens is 613 g/mol. The summed E-state index contributed by atoms with van der Waals surface area (Å²) in [6.45, 7) is 12.6. The average Bonchev–Trinajstić information content (AvgIpc) is 3.20. The second-order valence-electron chi connectivity index (χ2n) is 14.0. The molecule has 0 amide bonds. The van der Waals surface area contributed by atoms with E-state index < -0.39 is 0 Å². The van der Waals surface area contributed by atoms with Crippen molar-refractivity contribution in [3.8, 4) is 23.0 Å². The molecule has 50 heavy (non-hydrogen) atoms. The molecule has 0 unspecified atom stereocenters. The summed E-state index contributed by atoms with van der Waals surface area (Å²) in [6, 6.07) is 37.8. The van der Waals surface area contributed by atoms with Crippen LogP contribution in [0, 0.1) is 41.5 Å². The predicted molar refractivity (Wildman–Crippen MR) is 210 cm³/mol. The summed E-state index contributed by atoms with van der Waals surface area (Å²) in [6.07, 6.45) is 0. The van der Waals surface area contributed by atoms with E-state index in [-0.39, 0.29) is 5.43 Å². The second-order valence-corrected chi connectivity index (χ2v) is 14.0. The number of benzene rings is 8. The average molecular weight is 649 g/mol. The van der Waals surface area contributed by atoms with Crippen molar-refractivity contribution in [1.82, 2.24) is 0 Å². The Balaban J connectivity index is 1.49. The van der Waals surface area contributed by atoms with E-state index in [9.17, 15) is 4.79 Å². The van der Waals surface area contributed by atoms with Crippen molar-refractivity contribution in [2.45, 2.75) is 41.5 Å². The first-order valence-electron chi connectivity index (χ1n) is 17.2. The Morgan fingerprint density at radius 2 is 0.760 bits per heavy atom. The third kappa shape index (κ3) is 4.46. The van der Waals surface area contributed by atoms with Crippen molar-refractivity contribution in [2.75, 3.05) is 0 Å². The van der Waals surface area contributed by atoms with E-state index in [0.717, 1.165) is 99.1 Å². The first kappa shape index (κ1) is 30.2. The molecule has 0 aromatic heterocycles. The minimum atomic E-state index is -0.00550. The molecule has 0 bridgehead atoms. The fourth-order valence-electron chi connectivity index (χ4n) is 8.40. The van der Waals surface area contributed by atoms with Gasteiger partial charge in [0.25, 0.3) is 0 Å². The molecule has 0 saturated carbocycles. The molecule has 0 radical (unpaired) electrons. The minimum absolute atomic E-state index is 0.00550. The molecule has 0 N–H and O–H groups in total. The van der Waals surface area contributed by atoms with Crippen LogP contribution in [0.1, 0.15) is 33.4 Å². The number of rotatable bonds is 4. The van der Waals surface area contributed by atoms with Crippen molar-refractivity contribution in [3.05, 3.63) is 153 Å². The quantitative estimate of drug-likeness (QED) is 0.178. The summed E-state index contributed by atoms with van der Waals surface area (Å²) >= 11 is 0. The highest BCUT2D eigenvalue weighted by molar-refractivity contribution is 6.38. The number of hydrogen-bond acceptors (Lipinski definition) is 3. The summed E-state index contributed by atoms with van der Waals surface area (Å²) in [5.41, 5.74) is 6.71. The van der Waals surface area contributed by atoms with Gasteiger partial charge in [0.05, 0.1) is 0 Å². The lowest BCUT2D eigenvalue weighted by Crippen LogP contribution is -2.00. The van der Waals surface area contributed by atoms with Gasteiger partial charge in [-0.15, -0.1) is 0 Å². The van der Waals surface area contributed by atoms with E-state index in [1.807, 2.05) is 24.3 Å². The van der Waals surface area contributed by atoms with Crippen molar-refractivity contribution in [3.63, 3.8) is 0 Å². The molecule has 0 fully saturated rings. The number of fused-ring (bicyclic) bond motifs is 5. The Kier molecular flexibility index (Phi) is 6.66. The largest absolute Gasteiger partial charge is 0.456 e. The molecule has 242 valence electrons. The summed E-state index contributed by atoms with van der Waals surface area (Å²) in [5.74, 6) is 3.16. The summed E-state index contributed by atoms with van der Waals surface area (Å²) in [4.78, 5) is 14.9. The van der Waals surface area contributed by atoms with Gasteiger partial charge in [0, 0.05) is 32.3 Å². The Morgan fingerprint density at radius 3 is 1.16 bits per heavy atom. The number of aryl methyl sites for hydroxylation is 6. The maximum Gasteiger partial charge on any atom is 0.194 e. The van der Waals surface area contributed by atoms with Crippen LogP contribution in [0.25, 0.3) is 64.6 Å². The lowest BCUT2D eigenvalue weighted by atomic mass is 9.91. The van der Waals surface area contributed by atoms with Gasteiger partial charge in [-0.1, -0.05) is 83.9 Å². The van der Waals surface area contributed by atoms with Gasteiger partial charge in [0.15, 0.2) is 5.43 Å². The lowest BCUT2D eigenvalue weighted by molar-refractivity contribution is 0.480. The lowest BCUT2D eigenvalue weighted by Gasteiger charge is -2.17. The zero-order chi connectivity index (χ0) is 34.4. The second kappa shape index (κ2) is 11.0. The highest BCUT2D eigenvalue weighted by Crippen LogP contribution is 2.47. The Hall–Kier alpha value is -5.93. The third-order valence-electron chi connectivity index (χ3n) is 10.3. The molecular formula is C47H36O3. The van der Waals surface area contributed by atoms with Crippen LogP contribution < -0.4 is 14.9 Å². The third-order valence-corrected chi connectivity index (χ3v) is 10.3. The molecule has 0 aliphatic heterocycles. The first-order valence-corrected chi connectivity index (χ1v) is 17.2. The van der Waals surface area contributed by atoms with Crippen LogP contribution >= 0.6 is 0 Å². The standard InChI is InChI=1S/C47H36O3/c1-25-19-27(3)46(28(4)20-25)49-39-17-15-35-41-37(39)23-31-11-7-9-13-33(31)43(41)44-34-14-10-8-12-32(34)24-38-40(18-16-36(42(38)44)45(35)48)50-47-29(5)21-26(2)22-30(47)6/h7-24H,1-6H3. The van der Waals surface area contributed by atoms with Crippen molar-refractivity contribution >= 4 is 64.6 Å². The van der Waals surface area contributed by atoms with Gasteiger partial charge in [0.2, 0.25) is 0 Å². The van der Waals surface area contributed by atoms with Gasteiger partial charge in [-0.2, -0.15) is 0 Å². The predicted octanol–water partition coefficient (Wildman–Crippen LogP) is 12.8. The van der Waals surface area contributed by atoms with Crippen LogP contribution in [-0.2, 0) is 0 Å². The molecule has 0 atom stereocenters. The molecule has 9 aromatic carbocycles. The number of hydrogen-bond donors (Lipinski definition) is 0. The minimum Gasteiger partial charge on any atom is -0.456 e. The fraction of sp³-hybridized carbons (Fsp3) is 0.128.